The number of amides is 5. The molecule has 3 heterocycles. The Kier molecular flexibility index (Phi) is 7.91. The second-order valence-corrected chi connectivity index (χ2v) is 10.3. The fourth-order valence-corrected chi connectivity index (χ4v) is 5.43. The molecule has 5 amide bonds. The van der Waals surface area contributed by atoms with Gasteiger partial charge in [0.2, 0.25) is 17.7 Å². The van der Waals surface area contributed by atoms with E-state index < -0.39 is 54.6 Å². The Hall–Kier alpha value is -4.48. The van der Waals surface area contributed by atoms with Gasteiger partial charge in [-0.3, -0.25) is 39.2 Å². The molecule has 2 atom stereocenters. The number of nitrogens with zero attached hydrogens (tertiary/aromatic N) is 3. The van der Waals surface area contributed by atoms with E-state index >= 15 is 0 Å². The molecule has 3 aliphatic rings. The molecule has 214 valence electrons. The average Bonchev–Trinajstić information content (AvgIpc) is 3.24. The summed E-state index contributed by atoms with van der Waals surface area (Å²) < 4.78 is 26.0. The third kappa shape index (κ3) is 5.59. The summed E-state index contributed by atoms with van der Waals surface area (Å²) in [6.45, 7) is 2.68. The van der Waals surface area contributed by atoms with E-state index in [0.29, 0.717) is 17.0 Å². The van der Waals surface area contributed by atoms with E-state index in [1.54, 1.807) is 18.3 Å². The number of carbonyl (C=O) groups excluding carboxylic acids is 5. The van der Waals surface area contributed by atoms with Gasteiger partial charge in [0.15, 0.2) is 6.04 Å². The van der Waals surface area contributed by atoms with Crippen molar-refractivity contribution in [2.24, 2.45) is 0 Å². The van der Waals surface area contributed by atoms with Crippen molar-refractivity contribution >= 4 is 35.2 Å². The molecule has 2 unspecified atom stereocenters. The lowest BCUT2D eigenvalue weighted by Crippen LogP contribution is -2.52. The maximum absolute atomic E-state index is 13.3. The summed E-state index contributed by atoms with van der Waals surface area (Å²) in [5.74, 6) is -2.53. The van der Waals surface area contributed by atoms with Crippen molar-refractivity contribution in [2.45, 2.75) is 63.1 Å². The number of halogens is 2. The number of benzene rings is 1. The zero-order valence-corrected chi connectivity index (χ0v) is 22.1. The lowest BCUT2D eigenvalue weighted by molar-refractivity contribution is -0.137. The zero-order valence-electron chi connectivity index (χ0n) is 22.1. The smallest absolute Gasteiger partial charge is 0.255 e. The van der Waals surface area contributed by atoms with Crippen molar-refractivity contribution in [3.8, 4) is 0 Å². The van der Waals surface area contributed by atoms with Crippen LogP contribution in [0.15, 0.2) is 49.2 Å². The highest BCUT2D eigenvalue weighted by Crippen LogP contribution is 2.37. The van der Waals surface area contributed by atoms with Crippen molar-refractivity contribution in [1.29, 1.82) is 0 Å². The van der Waals surface area contributed by atoms with Crippen molar-refractivity contribution in [1.82, 2.24) is 20.5 Å². The summed E-state index contributed by atoms with van der Waals surface area (Å²) in [6, 6.07) is 5.73. The molecule has 2 aromatic rings. The molecule has 2 aliphatic heterocycles. The molecular weight excluding hydrogens is 536 g/mol. The monoisotopic (exact) mass is 565 g/mol. The van der Waals surface area contributed by atoms with Gasteiger partial charge in [-0.25, -0.2) is 8.78 Å². The molecule has 1 saturated heterocycles. The van der Waals surface area contributed by atoms with Gasteiger partial charge in [-0.1, -0.05) is 19.1 Å². The molecule has 1 aromatic heterocycles. The molecule has 5 rings (SSSR count). The largest absolute Gasteiger partial charge is 0.348 e. The first-order valence-electron chi connectivity index (χ1n) is 13.4. The molecule has 0 bridgehead atoms. The van der Waals surface area contributed by atoms with Crippen LogP contribution >= 0.6 is 0 Å². The number of aromatic nitrogens is 1. The molecule has 41 heavy (non-hydrogen) atoms. The molecule has 1 saturated carbocycles. The number of fused-ring (bicyclic) bond motifs is 1. The second-order valence-electron chi connectivity index (χ2n) is 10.3. The first-order valence-corrected chi connectivity index (χ1v) is 13.4. The number of carbonyl (C=O) groups is 5. The Balaban J connectivity index is 1.49. The fraction of sp³-hybridized carbons (Fsp3) is 0.379. The Labute approximate surface area is 234 Å². The van der Waals surface area contributed by atoms with E-state index in [1.165, 1.54) is 17.0 Å². The van der Waals surface area contributed by atoms with Gasteiger partial charge in [0.25, 0.3) is 18.2 Å². The van der Waals surface area contributed by atoms with Crippen molar-refractivity contribution in [3.63, 3.8) is 0 Å². The molecular formula is C29H29F2N5O5. The third-order valence-electron chi connectivity index (χ3n) is 7.80. The molecule has 0 spiro atoms. The predicted molar refractivity (Wildman–Crippen MR) is 143 cm³/mol. The van der Waals surface area contributed by atoms with Crippen LogP contribution in [-0.2, 0) is 25.7 Å². The highest BCUT2D eigenvalue weighted by Gasteiger charge is 2.40. The number of imide groups is 1. The minimum Gasteiger partial charge on any atom is -0.348 e. The van der Waals surface area contributed by atoms with Crippen LogP contribution in [0.2, 0.25) is 0 Å². The summed E-state index contributed by atoms with van der Waals surface area (Å²) >= 11 is 0. The van der Waals surface area contributed by atoms with Gasteiger partial charge < -0.3 is 10.2 Å². The third-order valence-corrected chi connectivity index (χ3v) is 7.80. The number of piperidine rings is 1. The molecule has 1 aliphatic carbocycles. The van der Waals surface area contributed by atoms with E-state index in [9.17, 15) is 32.8 Å². The molecule has 2 fully saturated rings. The maximum atomic E-state index is 13.3. The van der Waals surface area contributed by atoms with E-state index in [2.05, 4.69) is 22.2 Å². The molecule has 2 N–H and O–H groups in total. The van der Waals surface area contributed by atoms with Crippen molar-refractivity contribution in [2.75, 3.05) is 11.4 Å². The number of anilines is 1. The van der Waals surface area contributed by atoms with Crippen LogP contribution in [0.5, 0.6) is 0 Å². The summed E-state index contributed by atoms with van der Waals surface area (Å²) in [6.07, 6.45) is 3.31. The van der Waals surface area contributed by atoms with Crippen LogP contribution in [-0.4, -0.2) is 58.4 Å². The Morgan fingerprint density at radius 3 is 2.56 bits per heavy atom. The highest BCUT2D eigenvalue weighted by molar-refractivity contribution is 6.08. The summed E-state index contributed by atoms with van der Waals surface area (Å²) in [4.78, 5) is 70.6. The standard InChI is InChI=1S/C29H29F2N5O5/c1-2-25(38)36(26(28(40)33-14-23(30)31)21-9-6-17(13-32-21)16-4-3-5-16)19-7-8-20-18(12-19)15-35(29(20)41)22-10-11-24(37)34-27(22)39/h2,6-9,12-13,16,22-23,26H,1,3-5,10-11,14-15H2,(H,33,40)(H,34,37,39). The molecule has 0 radical (unpaired) electrons. The van der Waals surface area contributed by atoms with E-state index in [-0.39, 0.29) is 30.8 Å². The first-order chi connectivity index (χ1) is 19.7. The fourth-order valence-electron chi connectivity index (χ4n) is 5.43. The van der Waals surface area contributed by atoms with E-state index in [0.717, 1.165) is 35.8 Å². The van der Waals surface area contributed by atoms with Gasteiger partial charge in [0.1, 0.15) is 6.04 Å². The van der Waals surface area contributed by atoms with Crippen LogP contribution in [0.1, 0.15) is 71.2 Å². The van der Waals surface area contributed by atoms with Crippen molar-refractivity contribution < 1.29 is 32.8 Å². The zero-order chi connectivity index (χ0) is 29.3. The Morgan fingerprint density at radius 2 is 1.95 bits per heavy atom. The topological polar surface area (TPSA) is 129 Å². The number of pyridine rings is 1. The van der Waals surface area contributed by atoms with Gasteiger partial charge in [0.05, 0.1) is 12.2 Å². The number of hydrogen-bond acceptors (Lipinski definition) is 6. The molecule has 10 nitrogen and oxygen atoms in total. The van der Waals surface area contributed by atoms with Gasteiger partial charge >= 0.3 is 0 Å². The maximum Gasteiger partial charge on any atom is 0.255 e. The Bertz CT molecular complexity index is 1410. The minimum atomic E-state index is -2.80. The lowest BCUT2D eigenvalue weighted by Gasteiger charge is -2.31. The normalized spacial score (nSPS) is 19.3. The minimum absolute atomic E-state index is 0.0426. The summed E-state index contributed by atoms with van der Waals surface area (Å²) in [5, 5.41) is 4.44. The lowest BCUT2D eigenvalue weighted by atomic mass is 9.80. The number of rotatable bonds is 9. The number of nitrogens with one attached hydrogen (secondary N) is 2. The van der Waals surface area contributed by atoms with E-state index in [4.69, 9.17) is 0 Å². The van der Waals surface area contributed by atoms with Crippen LogP contribution in [0.25, 0.3) is 0 Å². The highest BCUT2D eigenvalue weighted by atomic mass is 19.3. The van der Waals surface area contributed by atoms with Gasteiger partial charge in [-0.2, -0.15) is 0 Å². The predicted octanol–water partition coefficient (Wildman–Crippen LogP) is 2.75. The average molecular weight is 566 g/mol. The quantitative estimate of drug-likeness (QED) is 0.356. The van der Waals surface area contributed by atoms with Gasteiger partial charge in [-0.05, 0) is 66.6 Å². The van der Waals surface area contributed by atoms with Crippen LogP contribution in [0.3, 0.4) is 0 Å². The number of hydrogen-bond donors (Lipinski definition) is 2. The molecule has 12 heteroatoms. The summed E-state index contributed by atoms with van der Waals surface area (Å²) in [5.41, 5.74) is 2.20. The van der Waals surface area contributed by atoms with Gasteiger partial charge in [0, 0.05) is 30.4 Å². The second kappa shape index (κ2) is 11.6. The van der Waals surface area contributed by atoms with Crippen LogP contribution < -0.4 is 15.5 Å². The van der Waals surface area contributed by atoms with E-state index in [1.807, 2.05) is 6.07 Å². The van der Waals surface area contributed by atoms with Crippen LogP contribution in [0.4, 0.5) is 14.5 Å². The number of alkyl halides is 2. The first kappa shape index (κ1) is 28.1. The van der Waals surface area contributed by atoms with Crippen LogP contribution in [0, 0.1) is 0 Å². The van der Waals surface area contributed by atoms with Gasteiger partial charge in [-0.15, -0.1) is 0 Å². The van der Waals surface area contributed by atoms with Crippen molar-refractivity contribution in [3.05, 3.63) is 71.6 Å². The SMILES string of the molecule is C=CC(=O)N(c1ccc2c(c1)CN(C1CCC(=O)NC1=O)C2=O)C(C(=O)NCC(F)F)c1ccc(C2CCC2)cn1. The Morgan fingerprint density at radius 1 is 1.17 bits per heavy atom. The summed E-state index contributed by atoms with van der Waals surface area (Å²) in [7, 11) is 0. The molecule has 1 aromatic carbocycles.